The Bertz CT molecular complexity index is 435. The summed E-state index contributed by atoms with van der Waals surface area (Å²) in [5.41, 5.74) is 7.51. The molecule has 18 heavy (non-hydrogen) atoms. The highest BCUT2D eigenvalue weighted by Gasteiger charge is 2.41. The zero-order chi connectivity index (χ0) is 12.5. The monoisotopic (exact) mass is 309 g/mol. The summed E-state index contributed by atoms with van der Waals surface area (Å²) in [6.07, 6.45) is 1.13. The number of hydrazine groups is 1. The largest absolute Gasteiger partial charge is 0.341 e. The van der Waals surface area contributed by atoms with E-state index in [-0.39, 0.29) is 22.8 Å². The molecular formula is C13H16BrN3O. The topological polar surface area (TPSA) is 44.4 Å². The van der Waals surface area contributed by atoms with Gasteiger partial charge in [-0.2, -0.15) is 0 Å². The molecule has 1 amide bonds. The molecule has 2 heterocycles. The molecule has 0 saturated carbocycles. The Balaban J connectivity index is 1.72. The van der Waals surface area contributed by atoms with Crippen LogP contribution in [0.15, 0.2) is 30.3 Å². The van der Waals surface area contributed by atoms with Crippen LogP contribution in [0.2, 0.25) is 0 Å². The first-order chi connectivity index (χ1) is 8.77. The average Bonchev–Trinajstić information content (AvgIpc) is 2.70. The van der Waals surface area contributed by atoms with Crippen molar-refractivity contribution in [2.75, 3.05) is 13.1 Å². The van der Waals surface area contributed by atoms with E-state index in [1.165, 1.54) is 5.56 Å². The maximum Gasteiger partial charge on any atom is 0.242 e. The number of nitrogens with zero attached hydrogens (tertiary/aromatic N) is 1. The molecule has 1 aromatic rings. The first-order valence-corrected chi connectivity index (χ1v) is 7.18. The Kier molecular flexibility index (Phi) is 3.37. The van der Waals surface area contributed by atoms with Crippen LogP contribution in [0.4, 0.5) is 0 Å². The van der Waals surface area contributed by atoms with Crippen LogP contribution in [0.25, 0.3) is 0 Å². The number of nitrogens with one attached hydrogen (secondary N) is 2. The third-order valence-corrected chi connectivity index (χ3v) is 4.68. The van der Waals surface area contributed by atoms with Crippen molar-refractivity contribution in [3.05, 3.63) is 35.9 Å². The van der Waals surface area contributed by atoms with Gasteiger partial charge in [-0.05, 0) is 12.0 Å². The lowest BCUT2D eigenvalue weighted by molar-refractivity contribution is -0.136. The van der Waals surface area contributed by atoms with Gasteiger partial charge in [0.05, 0.1) is 10.9 Å². The molecule has 2 saturated heterocycles. The van der Waals surface area contributed by atoms with Crippen LogP contribution in [0.3, 0.4) is 0 Å². The molecule has 2 fully saturated rings. The van der Waals surface area contributed by atoms with Crippen molar-refractivity contribution in [1.29, 1.82) is 0 Å². The number of hydrogen-bond acceptors (Lipinski definition) is 3. The minimum Gasteiger partial charge on any atom is -0.341 e. The highest BCUT2D eigenvalue weighted by atomic mass is 79.9. The zero-order valence-electron chi connectivity index (χ0n) is 9.97. The SMILES string of the molecule is O=C(C1NNC(c2ccccc2)C1Br)N1CCC1. The molecule has 96 valence electrons. The van der Waals surface area contributed by atoms with E-state index in [0.29, 0.717) is 0 Å². The van der Waals surface area contributed by atoms with E-state index in [1.807, 2.05) is 23.1 Å². The zero-order valence-corrected chi connectivity index (χ0v) is 11.6. The Morgan fingerprint density at radius 2 is 1.94 bits per heavy atom. The highest BCUT2D eigenvalue weighted by molar-refractivity contribution is 9.09. The lowest BCUT2D eigenvalue weighted by atomic mass is 10.0. The van der Waals surface area contributed by atoms with Gasteiger partial charge in [0, 0.05) is 13.1 Å². The van der Waals surface area contributed by atoms with E-state index < -0.39 is 0 Å². The summed E-state index contributed by atoms with van der Waals surface area (Å²) >= 11 is 3.66. The third kappa shape index (κ3) is 2.06. The molecule has 2 aliphatic heterocycles. The van der Waals surface area contributed by atoms with Gasteiger partial charge in [0.1, 0.15) is 6.04 Å². The molecule has 0 aliphatic carbocycles. The van der Waals surface area contributed by atoms with E-state index in [1.54, 1.807) is 0 Å². The molecule has 3 rings (SSSR count). The van der Waals surface area contributed by atoms with E-state index in [2.05, 4.69) is 38.9 Å². The Morgan fingerprint density at radius 3 is 2.56 bits per heavy atom. The molecule has 3 unspecified atom stereocenters. The van der Waals surface area contributed by atoms with Crippen molar-refractivity contribution < 1.29 is 4.79 Å². The van der Waals surface area contributed by atoms with Gasteiger partial charge in [-0.15, -0.1) is 0 Å². The van der Waals surface area contributed by atoms with Crippen molar-refractivity contribution in [2.24, 2.45) is 0 Å². The van der Waals surface area contributed by atoms with Crippen LogP contribution >= 0.6 is 15.9 Å². The fourth-order valence-corrected chi connectivity index (χ4v) is 3.19. The summed E-state index contributed by atoms with van der Waals surface area (Å²) in [5, 5.41) is 0. The Hall–Kier alpha value is -0.910. The lowest BCUT2D eigenvalue weighted by Crippen LogP contribution is -2.52. The standard InChI is InChI=1S/C13H16BrN3O/c14-10-11(9-5-2-1-3-6-9)15-16-12(10)13(18)17-7-4-8-17/h1-3,5-6,10-12,15-16H,4,7-8H2. The molecule has 2 aliphatic rings. The summed E-state index contributed by atoms with van der Waals surface area (Å²) in [4.78, 5) is 14.2. The average molecular weight is 310 g/mol. The molecule has 0 radical (unpaired) electrons. The second kappa shape index (κ2) is 4.99. The minimum absolute atomic E-state index is 0.0769. The molecule has 0 aromatic heterocycles. The van der Waals surface area contributed by atoms with Crippen molar-refractivity contribution in [2.45, 2.75) is 23.3 Å². The van der Waals surface area contributed by atoms with Crippen molar-refractivity contribution >= 4 is 21.8 Å². The second-order valence-corrected chi connectivity index (χ2v) is 5.84. The predicted molar refractivity (Wildman–Crippen MR) is 73.2 cm³/mol. The molecular weight excluding hydrogens is 294 g/mol. The van der Waals surface area contributed by atoms with Gasteiger partial charge < -0.3 is 4.90 Å². The van der Waals surface area contributed by atoms with Crippen LogP contribution in [-0.2, 0) is 4.79 Å². The van der Waals surface area contributed by atoms with Crippen molar-refractivity contribution in [1.82, 2.24) is 15.8 Å². The quantitative estimate of drug-likeness (QED) is 0.807. The van der Waals surface area contributed by atoms with Crippen LogP contribution in [0.5, 0.6) is 0 Å². The fraction of sp³-hybridized carbons (Fsp3) is 0.462. The highest BCUT2D eigenvalue weighted by Crippen LogP contribution is 2.30. The first kappa shape index (κ1) is 12.1. The summed E-state index contributed by atoms with van der Waals surface area (Å²) in [7, 11) is 0. The maximum atomic E-state index is 12.2. The third-order valence-electron chi connectivity index (χ3n) is 3.62. The second-order valence-electron chi connectivity index (χ2n) is 4.78. The van der Waals surface area contributed by atoms with Crippen LogP contribution in [0.1, 0.15) is 18.0 Å². The smallest absolute Gasteiger partial charge is 0.242 e. The number of carbonyl (C=O) groups excluding carboxylic acids is 1. The van der Waals surface area contributed by atoms with Crippen molar-refractivity contribution in [3.8, 4) is 0 Å². The molecule has 5 heteroatoms. The summed E-state index contributed by atoms with van der Waals surface area (Å²) in [6.45, 7) is 1.79. The van der Waals surface area contributed by atoms with Crippen LogP contribution in [0, 0.1) is 0 Å². The van der Waals surface area contributed by atoms with Gasteiger partial charge in [0.15, 0.2) is 0 Å². The number of carbonyl (C=O) groups is 1. The normalized spacial score (nSPS) is 31.2. The summed E-state index contributed by atoms with van der Waals surface area (Å²) in [6, 6.07) is 10.1. The first-order valence-electron chi connectivity index (χ1n) is 6.26. The van der Waals surface area contributed by atoms with Gasteiger partial charge in [-0.3, -0.25) is 4.79 Å². The lowest BCUT2D eigenvalue weighted by Gasteiger charge is -2.33. The maximum absolute atomic E-state index is 12.2. The Labute approximate surface area is 115 Å². The van der Waals surface area contributed by atoms with Crippen LogP contribution in [-0.4, -0.2) is 34.8 Å². The molecule has 1 aromatic carbocycles. The number of halogens is 1. The summed E-state index contributed by atoms with van der Waals surface area (Å²) in [5.74, 6) is 0.189. The fourth-order valence-electron chi connectivity index (χ4n) is 2.39. The van der Waals surface area contributed by atoms with E-state index in [0.717, 1.165) is 19.5 Å². The molecule has 3 atom stereocenters. The number of alkyl halides is 1. The Morgan fingerprint density at radius 1 is 1.22 bits per heavy atom. The number of benzene rings is 1. The van der Waals surface area contributed by atoms with Crippen molar-refractivity contribution in [3.63, 3.8) is 0 Å². The molecule has 0 spiro atoms. The van der Waals surface area contributed by atoms with Gasteiger partial charge >= 0.3 is 0 Å². The van der Waals surface area contributed by atoms with Gasteiger partial charge in [-0.1, -0.05) is 46.3 Å². The number of hydrogen-bond donors (Lipinski definition) is 2. The van der Waals surface area contributed by atoms with Crippen LogP contribution < -0.4 is 10.9 Å². The molecule has 0 bridgehead atoms. The molecule has 4 nitrogen and oxygen atoms in total. The number of amides is 1. The predicted octanol–water partition coefficient (Wildman–Crippen LogP) is 1.20. The number of rotatable bonds is 2. The van der Waals surface area contributed by atoms with Gasteiger partial charge in [0.25, 0.3) is 0 Å². The summed E-state index contributed by atoms with van der Waals surface area (Å²) < 4.78 is 0. The van der Waals surface area contributed by atoms with E-state index >= 15 is 0 Å². The van der Waals surface area contributed by atoms with Gasteiger partial charge in [-0.25, -0.2) is 10.9 Å². The van der Waals surface area contributed by atoms with E-state index in [4.69, 9.17) is 0 Å². The van der Waals surface area contributed by atoms with Gasteiger partial charge in [0.2, 0.25) is 5.91 Å². The molecule has 2 N–H and O–H groups in total. The number of likely N-dealkylation sites (tertiary alicyclic amines) is 1. The minimum atomic E-state index is -0.185. The van der Waals surface area contributed by atoms with E-state index in [9.17, 15) is 4.79 Å².